The lowest BCUT2D eigenvalue weighted by atomic mass is 10.3. The SMILES string of the molecule is CCCCNC(=O)NCCCn1nc(C)cc1C. The third-order valence-corrected chi connectivity index (χ3v) is 2.75. The highest BCUT2D eigenvalue weighted by molar-refractivity contribution is 5.73. The van der Waals surface area contributed by atoms with Crippen molar-refractivity contribution in [2.45, 2.75) is 46.6 Å². The fourth-order valence-electron chi connectivity index (χ4n) is 1.77. The molecule has 1 rings (SSSR count). The van der Waals surface area contributed by atoms with Gasteiger partial charge in [0.2, 0.25) is 0 Å². The van der Waals surface area contributed by atoms with Gasteiger partial charge in [0.25, 0.3) is 0 Å². The largest absolute Gasteiger partial charge is 0.338 e. The van der Waals surface area contributed by atoms with Crippen LogP contribution in [0.25, 0.3) is 0 Å². The minimum absolute atomic E-state index is 0.0724. The van der Waals surface area contributed by atoms with Crippen molar-refractivity contribution in [3.8, 4) is 0 Å². The van der Waals surface area contributed by atoms with Crippen LogP contribution in [0.15, 0.2) is 6.07 Å². The highest BCUT2D eigenvalue weighted by Gasteiger charge is 2.01. The van der Waals surface area contributed by atoms with Crippen molar-refractivity contribution in [2.75, 3.05) is 13.1 Å². The maximum absolute atomic E-state index is 11.4. The molecule has 1 heterocycles. The van der Waals surface area contributed by atoms with E-state index < -0.39 is 0 Å². The summed E-state index contributed by atoms with van der Waals surface area (Å²) in [6, 6.07) is 1.99. The molecule has 102 valence electrons. The molecule has 0 radical (unpaired) electrons. The predicted octanol–water partition coefficient (Wildman–Crippen LogP) is 1.99. The molecule has 1 aromatic heterocycles. The first kappa shape index (κ1) is 14.5. The van der Waals surface area contributed by atoms with Crippen molar-refractivity contribution in [2.24, 2.45) is 0 Å². The molecule has 0 spiro atoms. The zero-order chi connectivity index (χ0) is 13.4. The summed E-state index contributed by atoms with van der Waals surface area (Å²) in [4.78, 5) is 11.4. The molecular weight excluding hydrogens is 228 g/mol. The van der Waals surface area contributed by atoms with Crippen LogP contribution < -0.4 is 10.6 Å². The van der Waals surface area contributed by atoms with E-state index in [4.69, 9.17) is 0 Å². The maximum atomic E-state index is 11.4. The molecule has 0 aliphatic rings. The van der Waals surface area contributed by atoms with Gasteiger partial charge in [-0.1, -0.05) is 13.3 Å². The van der Waals surface area contributed by atoms with Crippen LogP contribution in [-0.2, 0) is 6.54 Å². The van der Waals surface area contributed by atoms with Crippen LogP contribution in [0.5, 0.6) is 0 Å². The lowest BCUT2D eigenvalue weighted by molar-refractivity contribution is 0.240. The number of amides is 2. The smallest absolute Gasteiger partial charge is 0.314 e. The van der Waals surface area contributed by atoms with Crippen molar-refractivity contribution in [1.82, 2.24) is 20.4 Å². The number of rotatable bonds is 7. The number of hydrogen-bond donors (Lipinski definition) is 2. The molecule has 0 unspecified atom stereocenters. The van der Waals surface area contributed by atoms with Crippen molar-refractivity contribution in [1.29, 1.82) is 0 Å². The Balaban J connectivity index is 2.11. The molecule has 0 aliphatic carbocycles. The van der Waals surface area contributed by atoms with Gasteiger partial charge in [0.15, 0.2) is 0 Å². The first-order chi connectivity index (χ1) is 8.63. The average molecular weight is 252 g/mol. The van der Waals surface area contributed by atoms with Gasteiger partial charge in [0.05, 0.1) is 5.69 Å². The Morgan fingerprint density at radius 2 is 1.94 bits per heavy atom. The van der Waals surface area contributed by atoms with Crippen molar-refractivity contribution >= 4 is 6.03 Å². The number of hydrogen-bond acceptors (Lipinski definition) is 2. The highest BCUT2D eigenvalue weighted by Crippen LogP contribution is 2.02. The molecule has 5 heteroatoms. The summed E-state index contributed by atoms with van der Waals surface area (Å²) in [5.74, 6) is 0. The van der Waals surface area contributed by atoms with Crippen LogP contribution >= 0.6 is 0 Å². The molecule has 18 heavy (non-hydrogen) atoms. The number of carbonyl (C=O) groups excluding carboxylic acids is 1. The van der Waals surface area contributed by atoms with Crippen LogP contribution in [0.1, 0.15) is 37.6 Å². The Hall–Kier alpha value is -1.52. The fourth-order valence-corrected chi connectivity index (χ4v) is 1.77. The second kappa shape index (κ2) is 7.74. The van der Waals surface area contributed by atoms with E-state index in [1.165, 1.54) is 5.69 Å². The molecule has 0 aliphatic heterocycles. The molecule has 1 aromatic rings. The summed E-state index contributed by atoms with van der Waals surface area (Å²) >= 11 is 0. The summed E-state index contributed by atoms with van der Waals surface area (Å²) in [5, 5.41) is 10.0. The van der Waals surface area contributed by atoms with E-state index in [0.717, 1.165) is 38.0 Å². The molecule has 2 N–H and O–H groups in total. The molecular formula is C13H24N4O. The van der Waals surface area contributed by atoms with Gasteiger partial charge in [0.1, 0.15) is 0 Å². The van der Waals surface area contributed by atoms with Gasteiger partial charge in [-0.3, -0.25) is 4.68 Å². The minimum atomic E-state index is -0.0724. The van der Waals surface area contributed by atoms with Gasteiger partial charge in [-0.25, -0.2) is 4.79 Å². The molecule has 0 saturated heterocycles. The van der Waals surface area contributed by atoms with Crippen molar-refractivity contribution in [3.63, 3.8) is 0 Å². The number of carbonyl (C=O) groups is 1. The third-order valence-electron chi connectivity index (χ3n) is 2.75. The van der Waals surface area contributed by atoms with Gasteiger partial charge >= 0.3 is 6.03 Å². The molecule has 0 bridgehead atoms. The van der Waals surface area contributed by atoms with E-state index in [0.29, 0.717) is 6.54 Å². The van der Waals surface area contributed by atoms with E-state index >= 15 is 0 Å². The van der Waals surface area contributed by atoms with E-state index in [1.54, 1.807) is 0 Å². The second-order valence-electron chi connectivity index (χ2n) is 4.54. The van der Waals surface area contributed by atoms with Gasteiger partial charge in [-0.15, -0.1) is 0 Å². The summed E-state index contributed by atoms with van der Waals surface area (Å²) in [6.07, 6.45) is 3.01. The monoisotopic (exact) mass is 252 g/mol. The van der Waals surface area contributed by atoms with Gasteiger partial charge in [-0.05, 0) is 32.8 Å². The van der Waals surface area contributed by atoms with Gasteiger partial charge < -0.3 is 10.6 Å². The normalized spacial score (nSPS) is 10.4. The first-order valence-corrected chi connectivity index (χ1v) is 6.66. The molecule has 5 nitrogen and oxygen atoms in total. The Morgan fingerprint density at radius 3 is 2.50 bits per heavy atom. The van der Waals surface area contributed by atoms with Crippen LogP contribution in [0, 0.1) is 13.8 Å². The van der Waals surface area contributed by atoms with E-state index in [9.17, 15) is 4.79 Å². The molecule has 0 aromatic carbocycles. The molecule has 0 fully saturated rings. The van der Waals surface area contributed by atoms with E-state index in [-0.39, 0.29) is 6.03 Å². The third kappa shape index (κ3) is 5.21. The van der Waals surface area contributed by atoms with Crippen molar-refractivity contribution in [3.05, 3.63) is 17.5 Å². The highest BCUT2D eigenvalue weighted by atomic mass is 16.2. The van der Waals surface area contributed by atoms with Crippen LogP contribution in [0.3, 0.4) is 0 Å². The average Bonchev–Trinajstić information content (AvgIpc) is 2.64. The quantitative estimate of drug-likeness (QED) is 0.729. The van der Waals surface area contributed by atoms with Crippen LogP contribution in [-0.4, -0.2) is 28.9 Å². The molecule has 2 amide bonds. The summed E-state index contributed by atoms with van der Waals surface area (Å²) in [7, 11) is 0. The van der Waals surface area contributed by atoms with Crippen LogP contribution in [0.2, 0.25) is 0 Å². The number of aromatic nitrogens is 2. The zero-order valence-electron chi connectivity index (χ0n) is 11.6. The second-order valence-corrected chi connectivity index (χ2v) is 4.54. The van der Waals surface area contributed by atoms with Gasteiger partial charge in [0, 0.05) is 25.3 Å². The lowest BCUT2D eigenvalue weighted by Gasteiger charge is -2.07. The maximum Gasteiger partial charge on any atom is 0.314 e. The Kier molecular flexibility index (Phi) is 6.25. The van der Waals surface area contributed by atoms with E-state index in [2.05, 4.69) is 28.7 Å². The summed E-state index contributed by atoms with van der Waals surface area (Å²) < 4.78 is 1.98. The topological polar surface area (TPSA) is 59.0 Å². The Morgan fingerprint density at radius 1 is 1.28 bits per heavy atom. The fraction of sp³-hybridized carbons (Fsp3) is 0.692. The lowest BCUT2D eigenvalue weighted by Crippen LogP contribution is -2.36. The molecule has 0 saturated carbocycles. The van der Waals surface area contributed by atoms with Gasteiger partial charge in [-0.2, -0.15) is 5.10 Å². The summed E-state index contributed by atoms with van der Waals surface area (Å²) in [5.41, 5.74) is 2.21. The zero-order valence-corrected chi connectivity index (χ0v) is 11.6. The standard InChI is InChI=1S/C13H24N4O/c1-4-5-7-14-13(18)15-8-6-9-17-12(3)10-11(2)16-17/h10H,4-9H2,1-3H3,(H2,14,15,18). The number of nitrogens with one attached hydrogen (secondary N) is 2. The number of aryl methyl sites for hydroxylation is 3. The number of unbranched alkanes of at least 4 members (excludes halogenated alkanes) is 1. The Labute approximate surface area is 109 Å². The first-order valence-electron chi connectivity index (χ1n) is 6.66. The Bertz CT molecular complexity index is 373. The predicted molar refractivity (Wildman–Crippen MR) is 72.6 cm³/mol. The number of nitrogens with zero attached hydrogens (tertiary/aromatic N) is 2. The number of urea groups is 1. The van der Waals surface area contributed by atoms with Crippen molar-refractivity contribution < 1.29 is 4.79 Å². The minimum Gasteiger partial charge on any atom is -0.338 e. The van der Waals surface area contributed by atoms with E-state index in [1.807, 2.05) is 18.5 Å². The molecule has 0 atom stereocenters. The van der Waals surface area contributed by atoms with Crippen LogP contribution in [0.4, 0.5) is 4.79 Å². The summed E-state index contributed by atoms with van der Waals surface area (Å²) in [6.45, 7) is 8.41.